The van der Waals surface area contributed by atoms with Gasteiger partial charge >= 0.3 is 5.97 Å². The molecule has 1 aromatic carbocycles. The Morgan fingerprint density at radius 3 is 2.71 bits per heavy atom. The van der Waals surface area contributed by atoms with Crippen LogP contribution in [-0.4, -0.2) is 40.4 Å². The topological polar surface area (TPSA) is 40.5 Å². The summed E-state index contributed by atoms with van der Waals surface area (Å²) in [5, 5.41) is 9.66. The Balaban J connectivity index is 1.92. The molecule has 1 aliphatic rings. The van der Waals surface area contributed by atoms with E-state index in [4.69, 9.17) is 0 Å². The summed E-state index contributed by atoms with van der Waals surface area (Å²) in [4.78, 5) is 15.2. The maximum atomic E-state index is 11.7. The van der Waals surface area contributed by atoms with Crippen LogP contribution in [0.2, 0.25) is 0 Å². The van der Waals surface area contributed by atoms with E-state index < -0.39 is 11.5 Å². The third kappa shape index (κ3) is 3.80. The van der Waals surface area contributed by atoms with Crippen LogP contribution in [0.25, 0.3) is 0 Å². The summed E-state index contributed by atoms with van der Waals surface area (Å²) >= 11 is 1.81. The zero-order valence-electron chi connectivity index (χ0n) is 13.0. The Bertz CT molecular complexity index is 474. The van der Waals surface area contributed by atoms with E-state index in [9.17, 15) is 9.90 Å². The molecule has 1 fully saturated rings. The normalized spacial score (nSPS) is 22.6. The maximum Gasteiger partial charge on any atom is 0.324 e. The average Bonchev–Trinajstić information content (AvgIpc) is 2.86. The fourth-order valence-corrected chi connectivity index (χ4v) is 4.09. The lowest BCUT2D eigenvalue weighted by Crippen LogP contribution is -2.51. The van der Waals surface area contributed by atoms with Gasteiger partial charge in [-0.05, 0) is 44.9 Å². The van der Waals surface area contributed by atoms with Gasteiger partial charge in [0.25, 0.3) is 0 Å². The van der Waals surface area contributed by atoms with Crippen LogP contribution in [0.1, 0.15) is 38.2 Å². The first-order valence-corrected chi connectivity index (χ1v) is 8.75. The number of rotatable bonds is 7. The Hall–Kier alpha value is -1.00. The van der Waals surface area contributed by atoms with Crippen molar-refractivity contribution >= 4 is 17.7 Å². The highest BCUT2D eigenvalue weighted by atomic mass is 32.2. The van der Waals surface area contributed by atoms with Crippen molar-refractivity contribution in [2.45, 2.75) is 50.0 Å². The van der Waals surface area contributed by atoms with E-state index in [0.717, 1.165) is 44.5 Å². The molecule has 1 N–H and O–H groups in total. The third-order valence-corrected chi connectivity index (χ3v) is 5.33. The molecule has 0 aromatic heterocycles. The lowest BCUT2D eigenvalue weighted by atomic mass is 9.91. The largest absolute Gasteiger partial charge is 0.480 e. The number of carboxylic acids is 1. The molecule has 3 nitrogen and oxygen atoms in total. The highest BCUT2D eigenvalue weighted by molar-refractivity contribution is 7.99. The van der Waals surface area contributed by atoms with Gasteiger partial charge in [-0.3, -0.25) is 9.69 Å². The molecule has 1 unspecified atom stereocenters. The van der Waals surface area contributed by atoms with Crippen molar-refractivity contribution in [1.29, 1.82) is 0 Å². The van der Waals surface area contributed by atoms with Crippen LogP contribution in [0.5, 0.6) is 0 Å². The van der Waals surface area contributed by atoms with Crippen molar-refractivity contribution in [2.24, 2.45) is 0 Å². The molecule has 4 heteroatoms. The highest BCUT2D eigenvalue weighted by Crippen LogP contribution is 2.34. The third-order valence-electron chi connectivity index (χ3n) is 4.34. The van der Waals surface area contributed by atoms with Crippen molar-refractivity contribution < 1.29 is 9.90 Å². The maximum absolute atomic E-state index is 11.7. The van der Waals surface area contributed by atoms with Gasteiger partial charge in [-0.25, -0.2) is 0 Å². The molecule has 0 aliphatic carbocycles. The van der Waals surface area contributed by atoms with Crippen molar-refractivity contribution in [3.63, 3.8) is 0 Å². The molecule has 116 valence electrons. The molecule has 0 amide bonds. The van der Waals surface area contributed by atoms with Crippen LogP contribution in [0.15, 0.2) is 29.2 Å². The fraction of sp³-hybridized carbons (Fsp3) is 0.588. The number of carbonyl (C=O) groups is 1. The number of nitrogens with zero attached hydrogens (tertiary/aromatic N) is 1. The number of carboxylic acid groups (broad SMARTS) is 1. The Kier molecular flexibility index (Phi) is 5.71. The predicted molar refractivity (Wildman–Crippen MR) is 88.0 cm³/mol. The van der Waals surface area contributed by atoms with Gasteiger partial charge in [-0.1, -0.05) is 31.0 Å². The Morgan fingerprint density at radius 1 is 1.38 bits per heavy atom. The molecule has 1 aromatic rings. The first-order valence-electron chi connectivity index (χ1n) is 7.76. The first-order chi connectivity index (χ1) is 10.1. The molecular weight excluding hydrogens is 282 g/mol. The SMILES string of the molecule is CCCC1(C(=O)O)CCCN1CCSc1ccc(C)cc1. The van der Waals surface area contributed by atoms with Crippen LogP contribution in [0, 0.1) is 6.92 Å². The Morgan fingerprint density at radius 2 is 2.10 bits per heavy atom. The number of benzene rings is 1. The molecule has 0 bridgehead atoms. The van der Waals surface area contributed by atoms with Crippen molar-refractivity contribution in [3.05, 3.63) is 29.8 Å². The minimum Gasteiger partial charge on any atom is -0.480 e. The predicted octanol–water partition coefficient (Wildman–Crippen LogP) is 3.81. The zero-order chi connectivity index (χ0) is 15.3. The number of hydrogen-bond donors (Lipinski definition) is 1. The summed E-state index contributed by atoms with van der Waals surface area (Å²) in [7, 11) is 0. The van der Waals surface area contributed by atoms with E-state index >= 15 is 0 Å². The molecule has 0 radical (unpaired) electrons. The van der Waals surface area contributed by atoms with Gasteiger partial charge < -0.3 is 5.11 Å². The second-order valence-electron chi connectivity index (χ2n) is 5.84. The second-order valence-corrected chi connectivity index (χ2v) is 7.01. The highest BCUT2D eigenvalue weighted by Gasteiger charge is 2.46. The molecule has 0 saturated carbocycles. The molecular formula is C17H25NO2S. The van der Waals surface area contributed by atoms with Gasteiger partial charge in [-0.2, -0.15) is 0 Å². The average molecular weight is 307 g/mol. The Labute approximate surface area is 131 Å². The number of hydrogen-bond acceptors (Lipinski definition) is 3. The summed E-state index contributed by atoms with van der Waals surface area (Å²) < 4.78 is 0. The van der Waals surface area contributed by atoms with Gasteiger partial charge in [0.1, 0.15) is 5.54 Å². The van der Waals surface area contributed by atoms with Crippen molar-refractivity contribution in [1.82, 2.24) is 4.90 Å². The summed E-state index contributed by atoms with van der Waals surface area (Å²) in [5.41, 5.74) is 0.662. The minimum absolute atomic E-state index is 0.609. The van der Waals surface area contributed by atoms with Gasteiger partial charge in [0.15, 0.2) is 0 Å². The van der Waals surface area contributed by atoms with Crippen LogP contribution in [0.3, 0.4) is 0 Å². The van der Waals surface area contributed by atoms with Crippen molar-refractivity contribution in [3.8, 4) is 0 Å². The van der Waals surface area contributed by atoms with E-state index in [-0.39, 0.29) is 0 Å². The zero-order valence-corrected chi connectivity index (χ0v) is 13.8. The van der Waals surface area contributed by atoms with E-state index in [1.54, 1.807) is 0 Å². The smallest absolute Gasteiger partial charge is 0.324 e. The quantitative estimate of drug-likeness (QED) is 0.778. The number of aryl methyl sites for hydroxylation is 1. The number of likely N-dealkylation sites (tertiary alicyclic amines) is 1. The molecule has 1 aliphatic heterocycles. The van der Waals surface area contributed by atoms with E-state index in [1.165, 1.54) is 10.5 Å². The number of aliphatic carboxylic acids is 1. The van der Waals surface area contributed by atoms with Gasteiger partial charge in [0.05, 0.1) is 0 Å². The van der Waals surface area contributed by atoms with E-state index in [0.29, 0.717) is 0 Å². The van der Waals surface area contributed by atoms with Crippen molar-refractivity contribution in [2.75, 3.05) is 18.8 Å². The standard InChI is InChI=1S/C17H25NO2S/c1-3-9-17(16(19)20)10-4-11-18(17)12-13-21-15-7-5-14(2)6-8-15/h5-8H,3-4,9-13H2,1-2H3,(H,19,20). The summed E-state index contributed by atoms with van der Waals surface area (Å²) in [6.07, 6.45) is 3.48. The minimum atomic E-state index is -0.637. The molecule has 2 rings (SSSR count). The van der Waals surface area contributed by atoms with Crippen LogP contribution in [-0.2, 0) is 4.79 Å². The summed E-state index contributed by atoms with van der Waals surface area (Å²) in [6.45, 7) is 5.93. The summed E-state index contributed by atoms with van der Waals surface area (Å²) in [5.74, 6) is 0.309. The summed E-state index contributed by atoms with van der Waals surface area (Å²) in [6, 6.07) is 8.52. The van der Waals surface area contributed by atoms with Gasteiger partial charge in [-0.15, -0.1) is 11.8 Å². The van der Waals surface area contributed by atoms with Gasteiger partial charge in [0, 0.05) is 17.2 Å². The fourth-order valence-electron chi connectivity index (χ4n) is 3.21. The molecule has 1 atom stereocenters. The second kappa shape index (κ2) is 7.32. The van der Waals surface area contributed by atoms with Crippen LogP contribution < -0.4 is 0 Å². The van der Waals surface area contributed by atoms with E-state index in [1.807, 2.05) is 11.8 Å². The van der Waals surface area contributed by atoms with E-state index in [2.05, 4.69) is 43.0 Å². The molecule has 1 saturated heterocycles. The monoisotopic (exact) mass is 307 g/mol. The van der Waals surface area contributed by atoms with Crippen LogP contribution >= 0.6 is 11.8 Å². The lowest BCUT2D eigenvalue weighted by Gasteiger charge is -2.34. The molecule has 21 heavy (non-hydrogen) atoms. The first kappa shape index (κ1) is 16.4. The number of thioether (sulfide) groups is 1. The van der Waals surface area contributed by atoms with Crippen LogP contribution in [0.4, 0.5) is 0 Å². The lowest BCUT2D eigenvalue weighted by molar-refractivity contribution is -0.150. The molecule has 1 heterocycles. The van der Waals surface area contributed by atoms with Gasteiger partial charge in [0.2, 0.25) is 0 Å². The molecule has 0 spiro atoms.